The Morgan fingerprint density at radius 3 is 2.19 bits per heavy atom. The molecule has 0 aliphatic rings. The van der Waals surface area contributed by atoms with Gasteiger partial charge in [-0.05, 0) is 24.7 Å². The van der Waals surface area contributed by atoms with Gasteiger partial charge in [-0.2, -0.15) is 0 Å². The van der Waals surface area contributed by atoms with Gasteiger partial charge in [-0.15, -0.1) is 0 Å². The standard InChI is InChI=1S/C17H19NO2.ClH/c1-18(14-15-8-4-2-5-9-15)12-13-20-17(19)16-10-6-3-7-11-16;/h2-11H,12-14H2,1H3;1H/p-1. The summed E-state index contributed by atoms with van der Waals surface area (Å²) in [5, 5.41) is 0. The molecule has 0 aliphatic carbocycles. The normalized spacial score (nSPS) is 10.0. The van der Waals surface area contributed by atoms with Crippen molar-refractivity contribution in [2.24, 2.45) is 0 Å². The van der Waals surface area contributed by atoms with Gasteiger partial charge < -0.3 is 17.1 Å². The fourth-order valence-electron chi connectivity index (χ4n) is 1.93. The summed E-state index contributed by atoms with van der Waals surface area (Å²) in [5.74, 6) is -0.265. The van der Waals surface area contributed by atoms with Crippen molar-refractivity contribution in [2.75, 3.05) is 20.2 Å². The Labute approximate surface area is 132 Å². The van der Waals surface area contributed by atoms with E-state index in [1.165, 1.54) is 5.56 Å². The Morgan fingerprint density at radius 2 is 1.57 bits per heavy atom. The number of rotatable bonds is 6. The lowest BCUT2D eigenvalue weighted by Crippen LogP contribution is -3.00. The molecular weight excluding hydrogens is 286 g/mol. The van der Waals surface area contributed by atoms with Crippen LogP contribution in [0.25, 0.3) is 0 Å². The number of esters is 1. The number of carbonyl (C=O) groups excluding carboxylic acids is 1. The molecule has 0 fully saturated rings. The summed E-state index contributed by atoms with van der Waals surface area (Å²) in [5.41, 5.74) is 1.85. The summed E-state index contributed by atoms with van der Waals surface area (Å²) in [4.78, 5) is 13.9. The van der Waals surface area contributed by atoms with Crippen LogP contribution in [0, 0.1) is 0 Å². The molecular formula is C17H19ClNO2-. The van der Waals surface area contributed by atoms with Crippen molar-refractivity contribution in [2.45, 2.75) is 6.54 Å². The third-order valence-electron chi connectivity index (χ3n) is 3.01. The summed E-state index contributed by atoms with van der Waals surface area (Å²) in [6.45, 7) is 1.97. The van der Waals surface area contributed by atoms with Crippen LogP contribution in [0.2, 0.25) is 0 Å². The van der Waals surface area contributed by atoms with Crippen LogP contribution in [0.15, 0.2) is 60.7 Å². The predicted molar refractivity (Wildman–Crippen MR) is 79.5 cm³/mol. The molecule has 0 spiro atoms. The first-order valence-corrected chi connectivity index (χ1v) is 6.70. The van der Waals surface area contributed by atoms with Crippen molar-refractivity contribution >= 4 is 5.97 Å². The van der Waals surface area contributed by atoms with Crippen LogP contribution in [0.1, 0.15) is 15.9 Å². The van der Waals surface area contributed by atoms with E-state index in [0.717, 1.165) is 6.54 Å². The van der Waals surface area contributed by atoms with Gasteiger partial charge in [0, 0.05) is 13.1 Å². The molecule has 0 atom stereocenters. The minimum absolute atomic E-state index is 0. The smallest absolute Gasteiger partial charge is 0.338 e. The Bertz CT molecular complexity index is 531. The fourth-order valence-corrected chi connectivity index (χ4v) is 1.93. The molecule has 2 aromatic rings. The van der Waals surface area contributed by atoms with Crippen molar-refractivity contribution < 1.29 is 21.9 Å². The minimum atomic E-state index is -0.265. The lowest BCUT2D eigenvalue weighted by molar-refractivity contribution is -0.0000237. The summed E-state index contributed by atoms with van der Waals surface area (Å²) >= 11 is 0. The van der Waals surface area contributed by atoms with E-state index in [9.17, 15) is 4.79 Å². The second kappa shape index (κ2) is 9.16. The van der Waals surface area contributed by atoms with E-state index in [0.29, 0.717) is 18.7 Å². The van der Waals surface area contributed by atoms with Gasteiger partial charge >= 0.3 is 5.97 Å². The maximum Gasteiger partial charge on any atom is 0.338 e. The highest BCUT2D eigenvalue weighted by atomic mass is 35.5. The SMILES string of the molecule is CN(CCOC(=O)c1ccccc1)Cc1ccccc1.[Cl-]. The van der Waals surface area contributed by atoms with E-state index in [2.05, 4.69) is 17.0 Å². The number of carbonyl (C=O) groups is 1. The Hall–Kier alpha value is -1.84. The number of nitrogens with zero attached hydrogens (tertiary/aromatic N) is 1. The van der Waals surface area contributed by atoms with Crippen molar-refractivity contribution in [3.63, 3.8) is 0 Å². The molecule has 0 radical (unpaired) electrons. The molecule has 0 unspecified atom stereocenters. The van der Waals surface area contributed by atoms with Crippen LogP contribution >= 0.6 is 0 Å². The van der Waals surface area contributed by atoms with Gasteiger partial charge in [-0.1, -0.05) is 48.5 Å². The third kappa shape index (κ3) is 5.98. The first-order valence-electron chi connectivity index (χ1n) is 6.70. The Morgan fingerprint density at radius 1 is 1.00 bits per heavy atom. The summed E-state index contributed by atoms with van der Waals surface area (Å²) in [6, 6.07) is 19.3. The second-order valence-electron chi connectivity index (χ2n) is 4.73. The van der Waals surface area contributed by atoms with E-state index in [1.807, 2.05) is 43.4 Å². The molecule has 0 saturated heterocycles. The molecule has 0 saturated carbocycles. The Balaban J connectivity index is 0.00000220. The average molecular weight is 305 g/mol. The van der Waals surface area contributed by atoms with Crippen molar-refractivity contribution in [3.05, 3.63) is 71.8 Å². The zero-order valence-corrected chi connectivity index (χ0v) is 12.8. The van der Waals surface area contributed by atoms with E-state index >= 15 is 0 Å². The zero-order chi connectivity index (χ0) is 14.2. The molecule has 2 rings (SSSR count). The molecule has 0 amide bonds. The summed E-state index contributed by atoms with van der Waals surface area (Å²) in [7, 11) is 2.02. The summed E-state index contributed by atoms with van der Waals surface area (Å²) < 4.78 is 5.26. The number of benzene rings is 2. The topological polar surface area (TPSA) is 29.5 Å². The quantitative estimate of drug-likeness (QED) is 0.703. The molecule has 0 bridgehead atoms. The van der Waals surface area contributed by atoms with Crippen LogP contribution in [0.5, 0.6) is 0 Å². The van der Waals surface area contributed by atoms with Crippen LogP contribution in [0.3, 0.4) is 0 Å². The Kier molecular flexibility index (Phi) is 7.51. The monoisotopic (exact) mass is 304 g/mol. The molecule has 0 aliphatic heterocycles. The molecule has 3 nitrogen and oxygen atoms in total. The number of likely N-dealkylation sites (N-methyl/N-ethyl adjacent to an activating group) is 1. The molecule has 2 aromatic carbocycles. The largest absolute Gasteiger partial charge is 1.00 e. The number of hydrogen-bond acceptors (Lipinski definition) is 3. The molecule has 4 heteroatoms. The second-order valence-corrected chi connectivity index (χ2v) is 4.73. The van der Waals surface area contributed by atoms with E-state index in [1.54, 1.807) is 12.1 Å². The number of halogens is 1. The molecule has 0 heterocycles. The van der Waals surface area contributed by atoms with Crippen LogP contribution in [-0.4, -0.2) is 31.1 Å². The van der Waals surface area contributed by atoms with E-state index < -0.39 is 0 Å². The van der Waals surface area contributed by atoms with Crippen molar-refractivity contribution in [1.29, 1.82) is 0 Å². The first-order chi connectivity index (χ1) is 9.75. The van der Waals surface area contributed by atoms with Crippen molar-refractivity contribution in [1.82, 2.24) is 4.90 Å². The zero-order valence-electron chi connectivity index (χ0n) is 12.0. The van der Waals surface area contributed by atoms with Gasteiger partial charge in [0.2, 0.25) is 0 Å². The van der Waals surface area contributed by atoms with E-state index in [-0.39, 0.29) is 18.4 Å². The molecule has 0 N–H and O–H groups in total. The highest BCUT2D eigenvalue weighted by molar-refractivity contribution is 5.89. The molecule has 21 heavy (non-hydrogen) atoms. The van der Waals surface area contributed by atoms with Crippen LogP contribution in [0.4, 0.5) is 0 Å². The minimum Gasteiger partial charge on any atom is -1.00 e. The highest BCUT2D eigenvalue weighted by Crippen LogP contribution is 2.03. The van der Waals surface area contributed by atoms with Crippen LogP contribution < -0.4 is 12.4 Å². The fraction of sp³-hybridized carbons (Fsp3) is 0.235. The number of ether oxygens (including phenoxy) is 1. The molecule has 112 valence electrons. The first kappa shape index (κ1) is 17.2. The van der Waals surface area contributed by atoms with Gasteiger partial charge in [0.05, 0.1) is 5.56 Å². The molecule has 0 aromatic heterocycles. The van der Waals surface area contributed by atoms with Crippen molar-refractivity contribution in [3.8, 4) is 0 Å². The van der Waals surface area contributed by atoms with Crippen LogP contribution in [-0.2, 0) is 11.3 Å². The predicted octanol–water partition coefficient (Wildman–Crippen LogP) is -0.0206. The van der Waals surface area contributed by atoms with Gasteiger partial charge in [0.1, 0.15) is 6.61 Å². The van der Waals surface area contributed by atoms with Gasteiger partial charge in [-0.3, -0.25) is 4.90 Å². The van der Waals surface area contributed by atoms with Gasteiger partial charge in [0.25, 0.3) is 0 Å². The average Bonchev–Trinajstić information content (AvgIpc) is 2.49. The maximum absolute atomic E-state index is 11.7. The van der Waals surface area contributed by atoms with E-state index in [4.69, 9.17) is 4.74 Å². The summed E-state index contributed by atoms with van der Waals surface area (Å²) in [6.07, 6.45) is 0. The lowest BCUT2D eigenvalue weighted by Gasteiger charge is -2.16. The maximum atomic E-state index is 11.7. The highest BCUT2D eigenvalue weighted by Gasteiger charge is 2.06. The van der Waals surface area contributed by atoms with Gasteiger partial charge in [-0.25, -0.2) is 4.79 Å². The third-order valence-corrected chi connectivity index (χ3v) is 3.01. The number of hydrogen-bond donors (Lipinski definition) is 0. The van der Waals surface area contributed by atoms with Gasteiger partial charge in [0.15, 0.2) is 0 Å². The lowest BCUT2D eigenvalue weighted by atomic mass is 10.2.